The Hall–Kier alpha value is -0.880. The Labute approximate surface area is 116 Å². The van der Waals surface area contributed by atoms with Crippen molar-refractivity contribution in [1.82, 2.24) is 9.78 Å². The summed E-state index contributed by atoms with van der Waals surface area (Å²) in [6, 6.07) is 0. The van der Waals surface area contributed by atoms with Crippen LogP contribution in [0.15, 0.2) is 15.5 Å². The van der Waals surface area contributed by atoms with Gasteiger partial charge in [-0.3, -0.25) is 4.79 Å². The van der Waals surface area contributed by atoms with Crippen molar-refractivity contribution in [3.05, 3.63) is 21.0 Å². The Balaban J connectivity index is 3.02. The van der Waals surface area contributed by atoms with Crippen LogP contribution in [0.1, 0.15) is 27.2 Å². The minimum atomic E-state index is -0.245. The molecule has 0 fully saturated rings. The molecule has 0 aliphatic carbocycles. The number of aryl methyl sites for hydroxylation is 1. The lowest BCUT2D eigenvalue weighted by atomic mass is 9.90. The summed E-state index contributed by atoms with van der Waals surface area (Å²) >= 11 is 3.30. The van der Waals surface area contributed by atoms with Gasteiger partial charge in [0.1, 0.15) is 4.47 Å². The molecule has 0 spiro atoms. The average Bonchev–Trinajstić information content (AvgIpc) is 2.29. The lowest BCUT2D eigenvalue weighted by molar-refractivity contribution is 0.406. The summed E-state index contributed by atoms with van der Waals surface area (Å²) in [5.74, 6) is 0.518. The highest BCUT2D eigenvalue weighted by atomic mass is 79.9. The fraction of sp³-hybridized carbons (Fsp3) is 0.667. The summed E-state index contributed by atoms with van der Waals surface area (Å²) < 4.78 is 1.78. The molecule has 0 bridgehead atoms. The van der Waals surface area contributed by atoms with Crippen LogP contribution in [0.25, 0.3) is 0 Å². The highest BCUT2D eigenvalue weighted by Gasteiger charge is 2.25. The number of nitrogens with one attached hydrogen (secondary N) is 1. The van der Waals surface area contributed by atoms with Gasteiger partial charge in [-0.15, -0.1) is 0 Å². The summed E-state index contributed by atoms with van der Waals surface area (Å²) in [4.78, 5) is 11.8. The molecule has 0 aliphatic heterocycles. The number of nitrogens with zero attached hydrogens (tertiary/aromatic N) is 2. The second-order valence-electron chi connectivity index (χ2n) is 5.29. The van der Waals surface area contributed by atoms with Gasteiger partial charge in [-0.25, -0.2) is 4.68 Å². The van der Waals surface area contributed by atoms with E-state index in [9.17, 15) is 4.79 Å². The Morgan fingerprint density at radius 1 is 1.61 bits per heavy atom. The fourth-order valence-electron chi connectivity index (χ4n) is 2.01. The van der Waals surface area contributed by atoms with Crippen LogP contribution in [0, 0.1) is 5.92 Å². The van der Waals surface area contributed by atoms with E-state index < -0.39 is 0 Å². The molecule has 1 unspecified atom stereocenters. The van der Waals surface area contributed by atoms with Gasteiger partial charge in [-0.05, 0) is 35.2 Å². The van der Waals surface area contributed by atoms with Crippen LogP contribution in [0.3, 0.4) is 0 Å². The minimum Gasteiger partial charge on any atom is -0.376 e. The maximum absolute atomic E-state index is 11.8. The topological polar surface area (TPSA) is 72.9 Å². The molecule has 0 aromatic carbocycles. The summed E-state index contributed by atoms with van der Waals surface area (Å²) in [6.45, 7) is 6.84. The smallest absolute Gasteiger partial charge is 0.282 e. The normalized spacial score (nSPS) is 14.6. The molecule has 102 valence electrons. The van der Waals surface area contributed by atoms with Crippen molar-refractivity contribution in [1.29, 1.82) is 0 Å². The first-order valence-corrected chi connectivity index (χ1v) is 6.78. The summed E-state index contributed by atoms with van der Waals surface area (Å²) in [5, 5.41) is 7.33. The summed E-state index contributed by atoms with van der Waals surface area (Å²) in [7, 11) is 1.62. The molecule has 1 aromatic heterocycles. The van der Waals surface area contributed by atoms with E-state index >= 15 is 0 Å². The average molecular weight is 317 g/mol. The van der Waals surface area contributed by atoms with Crippen molar-refractivity contribution in [3.8, 4) is 0 Å². The molecule has 1 aromatic rings. The number of rotatable bonds is 5. The maximum atomic E-state index is 11.8. The van der Waals surface area contributed by atoms with E-state index in [1.165, 1.54) is 4.68 Å². The van der Waals surface area contributed by atoms with E-state index in [1.54, 1.807) is 13.2 Å². The lowest BCUT2D eigenvalue weighted by Crippen LogP contribution is -2.44. The van der Waals surface area contributed by atoms with Gasteiger partial charge in [-0.2, -0.15) is 5.10 Å². The Morgan fingerprint density at radius 3 is 2.72 bits per heavy atom. The molecule has 0 aliphatic rings. The van der Waals surface area contributed by atoms with Gasteiger partial charge < -0.3 is 11.1 Å². The highest BCUT2D eigenvalue weighted by Crippen LogP contribution is 2.24. The molecular weight excluding hydrogens is 296 g/mol. The monoisotopic (exact) mass is 316 g/mol. The molecule has 1 rings (SSSR count). The quantitative estimate of drug-likeness (QED) is 0.867. The number of hydrogen-bond donors (Lipinski definition) is 2. The van der Waals surface area contributed by atoms with Gasteiger partial charge in [-0.1, -0.05) is 13.8 Å². The van der Waals surface area contributed by atoms with Crippen LogP contribution in [-0.2, 0) is 7.05 Å². The predicted molar refractivity (Wildman–Crippen MR) is 77.7 cm³/mol. The summed E-state index contributed by atoms with van der Waals surface area (Å²) in [6.07, 6.45) is 2.56. The molecule has 1 atom stereocenters. The van der Waals surface area contributed by atoms with Crippen LogP contribution in [0.2, 0.25) is 0 Å². The molecule has 18 heavy (non-hydrogen) atoms. The van der Waals surface area contributed by atoms with Gasteiger partial charge in [0.25, 0.3) is 5.56 Å². The standard InChI is InChI=1S/C12H21BrN4O/c1-8(2)5-12(3,7-14)16-9-6-15-17(4)11(18)10(9)13/h6,8,16H,5,7,14H2,1-4H3. The van der Waals surface area contributed by atoms with E-state index in [4.69, 9.17) is 5.73 Å². The van der Waals surface area contributed by atoms with Crippen LogP contribution < -0.4 is 16.6 Å². The maximum Gasteiger partial charge on any atom is 0.282 e. The lowest BCUT2D eigenvalue weighted by Gasteiger charge is -2.32. The first kappa shape index (κ1) is 15.2. The molecule has 6 heteroatoms. The SMILES string of the molecule is CC(C)CC(C)(CN)Nc1cnn(C)c(=O)c1Br. The number of hydrogen-bond acceptors (Lipinski definition) is 4. The van der Waals surface area contributed by atoms with Gasteiger partial charge >= 0.3 is 0 Å². The van der Waals surface area contributed by atoms with Crippen molar-refractivity contribution in [2.75, 3.05) is 11.9 Å². The van der Waals surface area contributed by atoms with Crippen molar-refractivity contribution in [2.45, 2.75) is 32.7 Å². The number of anilines is 1. The van der Waals surface area contributed by atoms with E-state index in [1.807, 2.05) is 0 Å². The largest absolute Gasteiger partial charge is 0.376 e. The zero-order chi connectivity index (χ0) is 13.9. The van der Waals surface area contributed by atoms with E-state index in [2.05, 4.69) is 47.1 Å². The number of halogens is 1. The Bertz CT molecular complexity index is 472. The third kappa shape index (κ3) is 3.55. The molecule has 0 amide bonds. The van der Waals surface area contributed by atoms with Gasteiger partial charge in [0.15, 0.2) is 0 Å². The zero-order valence-electron chi connectivity index (χ0n) is 11.3. The molecule has 3 N–H and O–H groups in total. The summed E-state index contributed by atoms with van der Waals surface area (Å²) in [5.41, 5.74) is 6.12. The third-order valence-electron chi connectivity index (χ3n) is 2.82. The minimum absolute atomic E-state index is 0.163. The Morgan fingerprint density at radius 2 is 2.22 bits per heavy atom. The van der Waals surface area contributed by atoms with Crippen LogP contribution in [-0.4, -0.2) is 21.9 Å². The Kier molecular flexibility index (Phi) is 4.92. The zero-order valence-corrected chi connectivity index (χ0v) is 12.9. The van der Waals surface area contributed by atoms with Crippen LogP contribution in [0.4, 0.5) is 5.69 Å². The fourth-order valence-corrected chi connectivity index (χ4v) is 2.47. The van der Waals surface area contributed by atoms with Crippen molar-refractivity contribution in [2.24, 2.45) is 18.7 Å². The predicted octanol–water partition coefficient (Wildman–Crippen LogP) is 1.72. The first-order valence-electron chi connectivity index (χ1n) is 5.99. The second-order valence-corrected chi connectivity index (χ2v) is 6.08. The van der Waals surface area contributed by atoms with Crippen LogP contribution in [0.5, 0.6) is 0 Å². The molecule has 0 radical (unpaired) electrons. The molecule has 5 nitrogen and oxygen atoms in total. The number of nitrogens with two attached hydrogens (primary N) is 1. The van der Waals surface area contributed by atoms with E-state index in [-0.39, 0.29) is 11.1 Å². The highest BCUT2D eigenvalue weighted by molar-refractivity contribution is 9.10. The molecular formula is C12H21BrN4O. The van der Waals surface area contributed by atoms with Gasteiger partial charge in [0.2, 0.25) is 0 Å². The van der Waals surface area contributed by atoms with Crippen molar-refractivity contribution >= 4 is 21.6 Å². The second kappa shape index (κ2) is 5.84. The van der Waals surface area contributed by atoms with Gasteiger partial charge in [0, 0.05) is 19.1 Å². The molecule has 0 saturated carbocycles. The first-order chi connectivity index (χ1) is 8.29. The van der Waals surface area contributed by atoms with Crippen molar-refractivity contribution < 1.29 is 0 Å². The molecule has 1 heterocycles. The van der Waals surface area contributed by atoms with E-state index in [0.717, 1.165) is 6.42 Å². The van der Waals surface area contributed by atoms with Crippen molar-refractivity contribution in [3.63, 3.8) is 0 Å². The van der Waals surface area contributed by atoms with Gasteiger partial charge in [0.05, 0.1) is 11.9 Å². The van der Waals surface area contributed by atoms with E-state index in [0.29, 0.717) is 22.6 Å². The number of aromatic nitrogens is 2. The van der Waals surface area contributed by atoms with Crippen LogP contribution >= 0.6 is 15.9 Å². The molecule has 0 saturated heterocycles. The third-order valence-corrected chi connectivity index (χ3v) is 3.59.